The molecule has 1 aromatic carbocycles. The van der Waals surface area contributed by atoms with Crippen LogP contribution in [0.1, 0.15) is 19.3 Å². The zero-order chi connectivity index (χ0) is 12.8. The zero-order valence-electron chi connectivity index (χ0n) is 10.5. The summed E-state index contributed by atoms with van der Waals surface area (Å²) in [5, 5.41) is 9.06. The highest BCUT2D eigenvalue weighted by Crippen LogP contribution is 2.25. The van der Waals surface area contributed by atoms with E-state index in [4.69, 9.17) is 5.11 Å². The molecule has 0 aromatic heterocycles. The van der Waals surface area contributed by atoms with Crippen LogP contribution in [-0.2, 0) is 0 Å². The largest absolute Gasteiger partial charge is 0.395 e. The molecule has 2 rings (SSSR count). The van der Waals surface area contributed by atoms with Gasteiger partial charge in [0.2, 0.25) is 0 Å². The van der Waals surface area contributed by atoms with E-state index in [1.165, 1.54) is 31.4 Å². The van der Waals surface area contributed by atoms with Gasteiger partial charge >= 0.3 is 0 Å². The van der Waals surface area contributed by atoms with Crippen molar-refractivity contribution in [1.82, 2.24) is 4.90 Å². The molecule has 0 aliphatic heterocycles. The van der Waals surface area contributed by atoms with Crippen molar-refractivity contribution in [3.63, 3.8) is 0 Å². The normalized spacial score (nSPS) is 15.9. The minimum atomic E-state index is -0.185. The van der Waals surface area contributed by atoms with Crippen molar-refractivity contribution in [2.45, 2.75) is 30.2 Å². The molecule has 0 amide bonds. The Labute approximate surface area is 112 Å². The molecule has 1 aromatic rings. The summed E-state index contributed by atoms with van der Waals surface area (Å²) in [7, 11) is 0. The molecular formula is C14H20FNOS. The average molecular weight is 269 g/mol. The second-order valence-electron chi connectivity index (χ2n) is 4.65. The fourth-order valence-electron chi connectivity index (χ4n) is 2.17. The van der Waals surface area contributed by atoms with Gasteiger partial charge in [-0.3, -0.25) is 4.90 Å². The Bertz CT molecular complexity index is 353. The zero-order valence-corrected chi connectivity index (χ0v) is 11.3. The molecule has 0 radical (unpaired) electrons. The van der Waals surface area contributed by atoms with Crippen LogP contribution in [0, 0.1) is 5.82 Å². The van der Waals surface area contributed by atoms with Crippen LogP contribution in [0.15, 0.2) is 29.2 Å². The van der Waals surface area contributed by atoms with Gasteiger partial charge in [-0.05, 0) is 37.1 Å². The highest BCUT2D eigenvalue weighted by atomic mass is 32.2. The molecule has 0 atom stereocenters. The van der Waals surface area contributed by atoms with Gasteiger partial charge in [-0.2, -0.15) is 0 Å². The number of aliphatic hydroxyl groups is 1. The number of benzene rings is 1. The van der Waals surface area contributed by atoms with Crippen molar-refractivity contribution in [2.24, 2.45) is 0 Å². The third kappa shape index (κ3) is 3.97. The van der Waals surface area contributed by atoms with E-state index < -0.39 is 0 Å². The Balaban J connectivity index is 1.73. The number of hydrogen-bond donors (Lipinski definition) is 1. The number of rotatable bonds is 7. The first kappa shape index (κ1) is 13.8. The molecule has 0 unspecified atom stereocenters. The van der Waals surface area contributed by atoms with E-state index in [1.807, 2.05) is 12.1 Å². The lowest BCUT2D eigenvalue weighted by atomic mass is 9.91. The van der Waals surface area contributed by atoms with Crippen LogP contribution in [0.25, 0.3) is 0 Å². The number of aliphatic hydroxyl groups excluding tert-OH is 1. The lowest BCUT2D eigenvalue weighted by molar-refractivity contribution is 0.108. The molecule has 0 bridgehead atoms. The van der Waals surface area contributed by atoms with Crippen LogP contribution < -0.4 is 0 Å². The van der Waals surface area contributed by atoms with Gasteiger partial charge in [0.25, 0.3) is 0 Å². The first-order chi connectivity index (χ1) is 8.79. The summed E-state index contributed by atoms with van der Waals surface area (Å²) in [6.45, 7) is 2.00. The predicted molar refractivity (Wildman–Crippen MR) is 73.4 cm³/mol. The maximum atomic E-state index is 12.8. The van der Waals surface area contributed by atoms with Crippen LogP contribution in [0.5, 0.6) is 0 Å². The molecular weight excluding hydrogens is 249 g/mol. The molecule has 1 aliphatic carbocycles. The number of hydrogen-bond acceptors (Lipinski definition) is 3. The maximum Gasteiger partial charge on any atom is 0.123 e. The van der Waals surface area contributed by atoms with Gasteiger partial charge in [0.1, 0.15) is 5.82 Å². The minimum Gasteiger partial charge on any atom is -0.395 e. The molecule has 0 heterocycles. The Morgan fingerprint density at radius 1 is 1.22 bits per heavy atom. The van der Waals surface area contributed by atoms with Gasteiger partial charge in [-0.1, -0.05) is 6.42 Å². The van der Waals surface area contributed by atoms with Gasteiger partial charge in [0, 0.05) is 29.8 Å². The lowest BCUT2D eigenvalue weighted by Crippen LogP contribution is -2.42. The van der Waals surface area contributed by atoms with E-state index >= 15 is 0 Å². The van der Waals surface area contributed by atoms with Crippen LogP contribution >= 0.6 is 11.8 Å². The topological polar surface area (TPSA) is 23.5 Å². The summed E-state index contributed by atoms with van der Waals surface area (Å²) >= 11 is 1.75. The van der Waals surface area contributed by atoms with E-state index in [-0.39, 0.29) is 12.4 Å². The van der Waals surface area contributed by atoms with Gasteiger partial charge in [-0.15, -0.1) is 11.8 Å². The quantitative estimate of drug-likeness (QED) is 0.770. The first-order valence-corrected chi connectivity index (χ1v) is 7.51. The molecule has 0 saturated heterocycles. The minimum absolute atomic E-state index is 0.185. The summed E-state index contributed by atoms with van der Waals surface area (Å²) in [6, 6.07) is 7.31. The van der Waals surface area contributed by atoms with Gasteiger partial charge in [0.05, 0.1) is 6.61 Å². The van der Waals surface area contributed by atoms with Crippen LogP contribution in [0.2, 0.25) is 0 Å². The van der Waals surface area contributed by atoms with Crippen LogP contribution in [-0.4, -0.2) is 41.5 Å². The van der Waals surface area contributed by atoms with Crippen molar-refractivity contribution < 1.29 is 9.50 Å². The standard InChI is InChI=1S/C14H20FNOS/c15-12-4-6-14(7-5-12)18-11-9-16(8-10-17)13-2-1-3-13/h4-7,13,17H,1-3,8-11H2. The summed E-state index contributed by atoms with van der Waals surface area (Å²) in [5.74, 6) is 0.804. The van der Waals surface area contributed by atoms with Crippen molar-refractivity contribution in [1.29, 1.82) is 0 Å². The Morgan fingerprint density at radius 2 is 1.94 bits per heavy atom. The van der Waals surface area contributed by atoms with Crippen LogP contribution in [0.3, 0.4) is 0 Å². The second kappa shape index (κ2) is 7.12. The van der Waals surface area contributed by atoms with Gasteiger partial charge in [0.15, 0.2) is 0 Å². The molecule has 1 fully saturated rings. The molecule has 18 heavy (non-hydrogen) atoms. The maximum absolute atomic E-state index is 12.8. The fraction of sp³-hybridized carbons (Fsp3) is 0.571. The van der Waals surface area contributed by atoms with Crippen molar-refractivity contribution in [2.75, 3.05) is 25.4 Å². The Morgan fingerprint density at radius 3 is 2.50 bits per heavy atom. The molecule has 4 heteroatoms. The molecule has 100 valence electrons. The summed E-state index contributed by atoms with van der Waals surface area (Å²) in [6.07, 6.45) is 3.85. The summed E-state index contributed by atoms with van der Waals surface area (Å²) in [5.41, 5.74) is 0. The molecule has 1 aliphatic rings. The van der Waals surface area contributed by atoms with Crippen molar-refractivity contribution in [3.8, 4) is 0 Å². The van der Waals surface area contributed by atoms with Crippen molar-refractivity contribution >= 4 is 11.8 Å². The third-order valence-electron chi connectivity index (χ3n) is 3.44. The molecule has 0 spiro atoms. The van der Waals surface area contributed by atoms with E-state index in [1.54, 1.807) is 11.8 Å². The predicted octanol–water partition coefficient (Wildman–Crippen LogP) is 2.76. The van der Waals surface area contributed by atoms with Crippen LogP contribution in [0.4, 0.5) is 4.39 Å². The van der Waals surface area contributed by atoms with E-state index in [0.717, 1.165) is 23.7 Å². The number of thioether (sulfide) groups is 1. The SMILES string of the molecule is OCCN(CCSc1ccc(F)cc1)C1CCC1. The lowest BCUT2D eigenvalue weighted by Gasteiger charge is -2.37. The number of nitrogens with zero attached hydrogens (tertiary/aromatic N) is 1. The van der Waals surface area contributed by atoms with E-state index in [9.17, 15) is 4.39 Å². The Kier molecular flexibility index (Phi) is 5.47. The summed E-state index contributed by atoms with van der Waals surface area (Å²) < 4.78 is 12.8. The molecule has 1 N–H and O–H groups in total. The molecule has 1 saturated carbocycles. The first-order valence-electron chi connectivity index (χ1n) is 6.53. The fourth-order valence-corrected chi connectivity index (χ4v) is 3.06. The second-order valence-corrected chi connectivity index (χ2v) is 5.82. The number of halogens is 1. The summed E-state index contributed by atoms with van der Waals surface area (Å²) in [4.78, 5) is 3.48. The van der Waals surface area contributed by atoms with E-state index in [2.05, 4.69) is 4.90 Å². The average Bonchev–Trinajstić information content (AvgIpc) is 2.30. The smallest absolute Gasteiger partial charge is 0.123 e. The Hall–Kier alpha value is -0.580. The highest BCUT2D eigenvalue weighted by molar-refractivity contribution is 7.99. The monoisotopic (exact) mass is 269 g/mol. The van der Waals surface area contributed by atoms with Gasteiger partial charge < -0.3 is 5.11 Å². The van der Waals surface area contributed by atoms with Crippen molar-refractivity contribution in [3.05, 3.63) is 30.1 Å². The van der Waals surface area contributed by atoms with Gasteiger partial charge in [-0.25, -0.2) is 4.39 Å². The molecule has 2 nitrogen and oxygen atoms in total. The van der Waals surface area contributed by atoms with E-state index in [0.29, 0.717) is 6.04 Å². The third-order valence-corrected chi connectivity index (χ3v) is 4.43. The highest BCUT2D eigenvalue weighted by Gasteiger charge is 2.23.